The topological polar surface area (TPSA) is 68.0 Å². The van der Waals surface area contributed by atoms with Gasteiger partial charge in [-0.2, -0.15) is 0 Å². The summed E-state index contributed by atoms with van der Waals surface area (Å²) in [5.41, 5.74) is 3.28. The molecule has 0 aliphatic carbocycles. The molecule has 0 atom stereocenters. The van der Waals surface area contributed by atoms with Crippen LogP contribution in [0.25, 0.3) is 16.7 Å². The molecule has 0 fully saturated rings. The van der Waals surface area contributed by atoms with Gasteiger partial charge >= 0.3 is 5.97 Å². The number of benzene rings is 2. The number of aromatic nitrogens is 3. The second-order valence-corrected chi connectivity index (χ2v) is 4.88. The summed E-state index contributed by atoms with van der Waals surface area (Å²) in [7, 11) is 0. The summed E-state index contributed by atoms with van der Waals surface area (Å²) in [4.78, 5) is 10.9. The number of carbonyl (C=O) groups is 1. The normalized spacial score (nSPS) is 10.9. The standard InChI is InChI=1S/C14H10ClN3O2/c1-8-2-4-10(15)7-13(8)18-12-5-3-9(14(19)20)6-11(12)16-17-18/h2-7H,1H3,(H,19,20). The molecule has 0 radical (unpaired) electrons. The van der Waals surface area contributed by atoms with Gasteiger partial charge in [-0.25, -0.2) is 9.48 Å². The Morgan fingerprint density at radius 1 is 1.25 bits per heavy atom. The van der Waals surface area contributed by atoms with Gasteiger partial charge in [-0.05, 0) is 42.8 Å². The molecule has 1 heterocycles. The molecular formula is C14H10ClN3O2. The third-order valence-electron chi connectivity index (χ3n) is 3.09. The van der Waals surface area contributed by atoms with Crippen LogP contribution in [0.1, 0.15) is 15.9 Å². The maximum Gasteiger partial charge on any atom is 0.335 e. The monoisotopic (exact) mass is 287 g/mol. The van der Waals surface area contributed by atoms with Crippen LogP contribution in [0.3, 0.4) is 0 Å². The van der Waals surface area contributed by atoms with Crippen molar-refractivity contribution in [3.63, 3.8) is 0 Å². The predicted molar refractivity (Wildman–Crippen MR) is 75.6 cm³/mol. The number of aryl methyl sites for hydroxylation is 1. The Kier molecular flexibility index (Phi) is 2.91. The maximum absolute atomic E-state index is 10.9. The summed E-state index contributed by atoms with van der Waals surface area (Å²) < 4.78 is 1.65. The first kappa shape index (κ1) is 12.6. The highest BCUT2D eigenvalue weighted by Crippen LogP contribution is 2.23. The second-order valence-electron chi connectivity index (χ2n) is 4.44. The van der Waals surface area contributed by atoms with Crippen LogP contribution in [0.2, 0.25) is 5.02 Å². The van der Waals surface area contributed by atoms with Crippen molar-refractivity contribution in [2.24, 2.45) is 0 Å². The van der Waals surface area contributed by atoms with Crippen molar-refractivity contribution in [3.05, 3.63) is 52.5 Å². The third-order valence-corrected chi connectivity index (χ3v) is 3.33. The highest BCUT2D eigenvalue weighted by Gasteiger charge is 2.11. The molecule has 6 heteroatoms. The Hall–Kier alpha value is -2.40. The molecule has 0 saturated carbocycles. The number of halogens is 1. The van der Waals surface area contributed by atoms with Crippen molar-refractivity contribution < 1.29 is 9.90 Å². The summed E-state index contributed by atoms with van der Waals surface area (Å²) in [6.07, 6.45) is 0. The smallest absolute Gasteiger partial charge is 0.335 e. The molecule has 5 nitrogen and oxygen atoms in total. The lowest BCUT2D eigenvalue weighted by Gasteiger charge is -2.06. The summed E-state index contributed by atoms with van der Waals surface area (Å²) in [5, 5.41) is 17.7. The summed E-state index contributed by atoms with van der Waals surface area (Å²) in [6.45, 7) is 1.95. The van der Waals surface area contributed by atoms with E-state index in [1.54, 1.807) is 16.8 Å². The van der Waals surface area contributed by atoms with Gasteiger partial charge in [0.25, 0.3) is 0 Å². The molecule has 1 N–H and O–H groups in total. The van der Waals surface area contributed by atoms with Crippen LogP contribution < -0.4 is 0 Å². The van der Waals surface area contributed by atoms with E-state index < -0.39 is 5.97 Å². The minimum absolute atomic E-state index is 0.187. The zero-order valence-corrected chi connectivity index (χ0v) is 11.3. The fourth-order valence-corrected chi connectivity index (χ4v) is 2.21. The van der Waals surface area contributed by atoms with Crippen LogP contribution in [0, 0.1) is 6.92 Å². The number of carboxylic acids is 1. The molecule has 1 aromatic heterocycles. The van der Waals surface area contributed by atoms with Crippen LogP contribution in [-0.4, -0.2) is 26.1 Å². The van der Waals surface area contributed by atoms with Gasteiger partial charge in [0.15, 0.2) is 0 Å². The largest absolute Gasteiger partial charge is 0.478 e. The molecule has 2 aromatic carbocycles. The van der Waals surface area contributed by atoms with E-state index in [2.05, 4.69) is 10.3 Å². The Morgan fingerprint density at radius 3 is 2.80 bits per heavy atom. The molecule has 100 valence electrons. The predicted octanol–water partition coefficient (Wildman–Crippen LogP) is 3.08. The van der Waals surface area contributed by atoms with Gasteiger partial charge < -0.3 is 5.11 Å². The van der Waals surface area contributed by atoms with Crippen LogP contribution in [-0.2, 0) is 0 Å². The molecule has 0 spiro atoms. The van der Waals surface area contributed by atoms with Gasteiger partial charge in [0.1, 0.15) is 5.52 Å². The van der Waals surface area contributed by atoms with Crippen LogP contribution in [0.5, 0.6) is 0 Å². The van der Waals surface area contributed by atoms with E-state index in [1.807, 2.05) is 19.1 Å². The maximum atomic E-state index is 10.9. The zero-order valence-electron chi connectivity index (χ0n) is 10.5. The van der Waals surface area contributed by atoms with Crippen molar-refractivity contribution >= 4 is 28.6 Å². The molecule has 0 unspecified atom stereocenters. The summed E-state index contributed by atoms with van der Waals surface area (Å²) >= 11 is 6.01. The molecule has 20 heavy (non-hydrogen) atoms. The molecule has 3 aromatic rings. The number of fused-ring (bicyclic) bond motifs is 1. The third kappa shape index (κ3) is 2.02. The highest BCUT2D eigenvalue weighted by molar-refractivity contribution is 6.30. The van der Waals surface area contributed by atoms with Gasteiger partial charge in [-0.1, -0.05) is 22.9 Å². The van der Waals surface area contributed by atoms with E-state index in [0.29, 0.717) is 10.5 Å². The first-order chi connectivity index (χ1) is 9.56. The van der Waals surface area contributed by atoms with E-state index >= 15 is 0 Å². The summed E-state index contributed by atoms with van der Waals surface area (Å²) in [6, 6.07) is 10.2. The number of hydrogen-bond donors (Lipinski definition) is 1. The molecule has 0 amide bonds. The first-order valence-electron chi connectivity index (χ1n) is 5.91. The fourth-order valence-electron chi connectivity index (χ4n) is 2.05. The molecule has 0 saturated heterocycles. The minimum atomic E-state index is -0.986. The minimum Gasteiger partial charge on any atom is -0.478 e. The molecule has 0 bridgehead atoms. The van der Waals surface area contributed by atoms with E-state index in [-0.39, 0.29) is 5.56 Å². The number of carboxylic acid groups (broad SMARTS) is 1. The van der Waals surface area contributed by atoms with Crippen molar-refractivity contribution in [2.75, 3.05) is 0 Å². The van der Waals surface area contributed by atoms with Crippen molar-refractivity contribution in [1.29, 1.82) is 0 Å². The zero-order chi connectivity index (χ0) is 14.3. The van der Waals surface area contributed by atoms with Gasteiger partial charge in [-0.15, -0.1) is 5.10 Å². The van der Waals surface area contributed by atoms with Gasteiger partial charge in [-0.3, -0.25) is 0 Å². The lowest BCUT2D eigenvalue weighted by atomic mass is 10.1. The SMILES string of the molecule is Cc1ccc(Cl)cc1-n1nnc2cc(C(=O)O)ccc21. The van der Waals surface area contributed by atoms with E-state index in [1.165, 1.54) is 12.1 Å². The lowest BCUT2D eigenvalue weighted by Crippen LogP contribution is -2.00. The Bertz CT molecular complexity index is 826. The molecular weight excluding hydrogens is 278 g/mol. The summed E-state index contributed by atoms with van der Waals surface area (Å²) in [5.74, 6) is -0.986. The number of nitrogens with zero attached hydrogens (tertiary/aromatic N) is 3. The Labute approximate surface area is 119 Å². The first-order valence-corrected chi connectivity index (χ1v) is 6.29. The average molecular weight is 288 g/mol. The van der Waals surface area contributed by atoms with Crippen LogP contribution >= 0.6 is 11.6 Å². The van der Waals surface area contributed by atoms with Crippen molar-refractivity contribution in [3.8, 4) is 5.69 Å². The van der Waals surface area contributed by atoms with E-state index in [4.69, 9.17) is 16.7 Å². The Morgan fingerprint density at radius 2 is 2.05 bits per heavy atom. The van der Waals surface area contributed by atoms with Crippen molar-refractivity contribution in [1.82, 2.24) is 15.0 Å². The molecule has 0 aliphatic rings. The van der Waals surface area contributed by atoms with E-state index in [9.17, 15) is 4.79 Å². The molecule has 3 rings (SSSR count). The molecule has 0 aliphatic heterocycles. The van der Waals surface area contributed by atoms with Gasteiger partial charge in [0, 0.05) is 5.02 Å². The number of hydrogen-bond acceptors (Lipinski definition) is 3. The van der Waals surface area contributed by atoms with Crippen LogP contribution in [0.15, 0.2) is 36.4 Å². The highest BCUT2D eigenvalue weighted by atomic mass is 35.5. The van der Waals surface area contributed by atoms with Crippen LogP contribution in [0.4, 0.5) is 0 Å². The van der Waals surface area contributed by atoms with Gasteiger partial charge in [0.05, 0.1) is 16.8 Å². The average Bonchev–Trinajstić information content (AvgIpc) is 2.84. The van der Waals surface area contributed by atoms with Crippen molar-refractivity contribution in [2.45, 2.75) is 6.92 Å². The number of aromatic carboxylic acids is 1. The Balaban J connectivity index is 2.22. The van der Waals surface area contributed by atoms with E-state index in [0.717, 1.165) is 16.8 Å². The van der Waals surface area contributed by atoms with Gasteiger partial charge in [0.2, 0.25) is 0 Å². The number of rotatable bonds is 2. The second kappa shape index (κ2) is 4.61. The fraction of sp³-hybridized carbons (Fsp3) is 0.0714. The quantitative estimate of drug-likeness (QED) is 0.786. The lowest BCUT2D eigenvalue weighted by molar-refractivity contribution is 0.0697.